The van der Waals surface area contributed by atoms with Gasteiger partial charge in [0.2, 0.25) is 0 Å². The maximum absolute atomic E-state index is 13.5. The zero-order valence-corrected chi connectivity index (χ0v) is 9.59. The molecule has 0 amide bonds. The molecule has 4 heteroatoms. The number of ketones is 1. The highest BCUT2D eigenvalue weighted by molar-refractivity contribution is 5.80. The van der Waals surface area contributed by atoms with Crippen LogP contribution in [0.2, 0.25) is 0 Å². The summed E-state index contributed by atoms with van der Waals surface area (Å²) in [6, 6.07) is 0. The number of hydrogen-bond acceptors (Lipinski definition) is 2. The van der Waals surface area contributed by atoms with Crippen molar-refractivity contribution in [1.82, 2.24) is 4.90 Å². The fraction of sp³-hybridized carbons (Fsp3) is 0.909. The molecule has 0 N–H and O–H groups in total. The van der Waals surface area contributed by atoms with Crippen LogP contribution in [0.15, 0.2) is 0 Å². The SMILES string of the molecule is CC(C)C(=O)C[C@H]1CCN(C)CC1(F)F. The lowest BCUT2D eigenvalue weighted by Crippen LogP contribution is -2.47. The van der Waals surface area contributed by atoms with Gasteiger partial charge in [-0.1, -0.05) is 13.8 Å². The van der Waals surface area contributed by atoms with Crippen LogP contribution >= 0.6 is 0 Å². The van der Waals surface area contributed by atoms with Crippen LogP contribution in [0.3, 0.4) is 0 Å². The summed E-state index contributed by atoms with van der Waals surface area (Å²) in [4.78, 5) is 13.1. The number of rotatable bonds is 3. The molecular formula is C11H19F2NO. The highest BCUT2D eigenvalue weighted by atomic mass is 19.3. The Kier molecular flexibility index (Phi) is 3.82. The van der Waals surface area contributed by atoms with Crippen LogP contribution in [0.25, 0.3) is 0 Å². The Morgan fingerprint density at radius 2 is 2.13 bits per heavy atom. The van der Waals surface area contributed by atoms with Gasteiger partial charge >= 0.3 is 0 Å². The van der Waals surface area contributed by atoms with Gasteiger partial charge in [0.15, 0.2) is 0 Å². The molecule has 0 bridgehead atoms. The first kappa shape index (κ1) is 12.6. The first-order chi connectivity index (χ1) is 6.83. The first-order valence-electron chi connectivity index (χ1n) is 5.42. The van der Waals surface area contributed by atoms with Gasteiger partial charge in [-0.05, 0) is 20.0 Å². The predicted octanol–water partition coefficient (Wildman–Crippen LogP) is 2.19. The summed E-state index contributed by atoms with van der Waals surface area (Å²) in [6.45, 7) is 3.96. The summed E-state index contributed by atoms with van der Waals surface area (Å²) in [7, 11) is 1.69. The third-order valence-electron chi connectivity index (χ3n) is 3.03. The number of hydrogen-bond donors (Lipinski definition) is 0. The van der Waals surface area contributed by atoms with Gasteiger partial charge in [0.05, 0.1) is 6.54 Å². The Morgan fingerprint density at radius 3 is 2.60 bits per heavy atom. The van der Waals surface area contributed by atoms with Crippen LogP contribution in [0.4, 0.5) is 8.78 Å². The van der Waals surface area contributed by atoms with Crippen molar-refractivity contribution in [3.63, 3.8) is 0 Å². The number of carbonyl (C=O) groups is 1. The molecule has 1 heterocycles. The fourth-order valence-corrected chi connectivity index (χ4v) is 1.89. The van der Waals surface area contributed by atoms with E-state index in [1.54, 1.807) is 25.8 Å². The van der Waals surface area contributed by atoms with Gasteiger partial charge in [-0.3, -0.25) is 4.79 Å². The molecule has 15 heavy (non-hydrogen) atoms. The van der Waals surface area contributed by atoms with Gasteiger partial charge in [0.25, 0.3) is 5.92 Å². The molecule has 88 valence electrons. The van der Waals surface area contributed by atoms with Gasteiger partial charge in [0.1, 0.15) is 5.78 Å². The van der Waals surface area contributed by atoms with E-state index < -0.39 is 11.8 Å². The average molecular weight is 219 g/mol. The Morgan fingerprint density at radius 1 is 1.53 bits per heavy atom. The van der Waals surface area contributed by atoms with Crippen LogP contribution in [-0.4, -0.2) is 36.7 Å². The molecule has 1 aliphatic rings. The van der Waals surface area contributed by atoms with Gasteiger partial charge in [0, 0.05) is 18.3 Å². The summed E-state index contributed by atoms with van der Waals surface area (Å²) < 4.78 is 27.1. The van der Waals surface area contributed by atoms with E-state index in [1.165, 1.54) is 0 Å². The standard InChI is InChI=1S/C11H19F2NO/c1-8(2)10(15)6-9-4-5-14(3)7-11(9,12)13/h8-9H,4-7H2,1-3H3/t9-/m1/s1. The molecule has 1 rings (SSSR count). The Labute approximate surface area is 89.6 Å². The smallest absolute Gasteiger partial charge is 0.263 e. The third-order valence-corrected chi connectivity index (χ3v) is 3.03. The second kappa shape index (κ2) is 4.56. The normalized spacial score (nSPS) is 26.9. The van der Waals surface area contributed by atoms with Crippen molar-refractivity contribution in [3.8, 4) is 0 Å². The van der Waals surface area contributed by atoms with Crippen LogP contribution in [0.5, 0.6) is 0 Å². The lowest BCUT2D eigenvalue weighted by Gasteiger charge is -2.36. The number of piperidine rings is 1. The van der Waals surface area contributed by atoms with E-state index in [9.17, 15) is 13.6 Å². The largest absolute Gasteiger partial charge is 0.301 e. The Hall–Kier alpha value is -0.510. The molecule has 0 saturated carbocycles. The summed E-state index contributed by atoms with van der Waals surface area (Å²) in [6.07, 6.45) is 0.445. The van der Waals surface area contributed by atoms with Gasteiger partial charge in [-0.25, -0.2) is 8.78 Å². The zero-order valence-electron chi connectivity index (χ0n) is 9.59. The van der Waals surface area contributed by atoms with Crippen molar-refractivity contribution in [2.24, 2.45) is 11.8 Å². The van der Waals surface area contributed by atoms with Crippen molar-refractivity contribution in [2.75, 3.05) is 20.1 Å². The predicted molar refractivity (Wildman–Crippen MR) is 55.0 cm³/mol. The van der Waals surface area contributed by atoms with E-state index >= 15 is 0 Å². The fourth-order valence-electron chi connectivity index (χ4n) is 1.89. The average Bonchev–Trinajstić information content (AvgIpc) is 2.08. The number of halogens is 2. The second-order valence-corrected chi connectivity index (χ2v) is 4.81. The molecule has 0 aromatic carbocycles. The van der Waals surface area contributed by atoms with E-state index in [4.69, 9.17) is 0 Å². The maximum atomic E-state index is 13.5. The molecule has 0 aliphatic carbocycles. The molecule has 0 radical (unpaired) electrons. The topological polar surface area (TPSA) is 20.3 Å². The molecule has 0 unspecified atom stereocenters. The van der Waals surface area contributed by atoms with Crippen molar-refractivity contribution in [3.05, 3.63) is 0 Å². The quantitative estimate of drug-likeness (QED) is 0.725. The lowest BCUT2D eigenvalue weighted by atomic mass is 9.86. The molecule has 0 spiro atoms. The number of likely N-dealkylation sites (tertiary alicyclic amines) is 1. The summed E-state index contributed by atoms with van der Waals surface area (Å²) in [5.41, 5.74) is 0. The summed E-state index contributed by atoms with van der Waals surface area (Å²) in [5.74, 6) is -3.66. The highest BCUT2D eigenvalue weighted by Gasteiger charge is 2.44. The maximum Gasteiger partial charge on any atom is 0.263 e. The lowest BCUT2D eigenvalue weighted by molar-refractivity contribution is -0.135. The molecule has 0 aromatic rings. The monoisotopic (exact) mass is 219 g/mol. The van der Waals surface area contributed by atoms with E-state index in [1.807, 2.05) is 0 Å². The summed E-state index contributed by atoms with van der Waals surface area (Å²) in [5, 5.41) is 0. The minimum absolute atomic E-state index is 0.0263. The van der Waals surface area contributed by atoms with Crippen molar-refractivity contribution in [2.45, 2.75) is 32.6 Å². The van der Waals surface area contributed by atoms with Gasteiger partial charge < -0.3 is 4.90 Å². The minimum atomic E-state index is -2.71. The summed E-state index contributed by atoms with van der Waals surface area (Å²) >= 11 is 0. The zero-order chi connectivity index (χ0) is 11.6. The van der Waals surface area contributed by atoms with Crippen LogP contribution in [-0.2, 0) is 4.79 Å². The van der Waals surface area contributed by atoms with E-state index in [0.717, 1.165) is 0 Å². The molecule has 1 fully saturated rings. The van der Waals surface area contributed by atoms with Crippen LogP contribution < -0.4 is 0 Å². The third kappa shape index (κ3) is 3.23. The van der Waals surface area contributed by atoms with Crippen molar-refractivity contribution >= 4 is 5.78 Å². The van der Waals surface area contributed by atoms with Crippen molar-refractivity contribution in [1.29, 1.82) is 0 Å². The van der Waals surface area contributed by atoms with Crippen LogP contribution in [0, 0.1) is 11.8 Å². The molecule has 2 nitrogen and oxygen atoms in total. The van der Waals surface area contributed by atoms with Crippen LogP contribution in [0.1, 0.15) is 26.7 Å². The number of nitrogens with zero attached hydrogens (tertiary/aromatic N) is 1. The highest BCUT2D eigenvalue weighted by Crippen LogP contribution is 2.35. The van der Waals surface area contributed by atoms with E-state index in [0.29, 0.717) is 13.0 Å². The Bertz CT molecular complexity index is 241. The van der Waals surface area contributed by atoms with Gasteiger partial charge in [-0.2, -0.15) is 0 Å². The minimum Gasteiger partial charge on any atom is -0.301 e. The molecule has 1 saturated heterocycles. The molecule has 0 aromatic heterocycles. The Balaban J connectivity index is 2.58. The van der Waals surface area contributed by atoms with E-state index in [-0.39, 0.29) is 24.7 Å². The molecule has 1 aliphatic heterocycles. The van der Waals surface area contributed by atoms with Gasteiger partial charge in [-0.15, -0.1) is 0 Å². The first-order valence-corrected chi connectivity index (χ1v) is 5.42. The molecule has 1 atom stereocenters. The number of Topliss-reactive ketones (excluding diaryl/α,β-unsaturated/α-hetero) is 1. The second-order valence-electron chi connectivity index (χ2n) is 4.81. The molecular weight excluding hydrogens is 200 g/mol. The van der Waals surface area contributed by atoms with E-state index in [2.05, 4.69) is 0 Å². The van der Waals surface area contributed by atoms with Crippen molar-refractivity contribution < 1.29 is 13.6 Å². The number of carbonyl (C=O) groups excluding carboxylic acids is 1. The number of alkyl halides is 2.